The molecule has 0 heterocycles. The molecular formula is C4H8BrN. The van der Waals surface area contributed by atoms with Crippen LogP contribution in [0.25, 0.3) is 0 Å². The van der Waals surface area contributed by atoms with Crippen molar-refractivity contribution in [3.8, 4) is 0 Å². The molecule has 0 aromatic rings. The highest BCUT2D eigenvalue weighted by atomic mass is 79.9. The van der Waals surface area contributed by atoms with E-state index in [1.165, 1.54) is 12.8 Å². The Kier molecular flexibility index (Phi) is 0.922. The maximum atomic E-state index is 5.60. The van der Waals surface area contributed by atoms with E-state index in [1.807, 2.05) is 0 Å². The number of rotatable bonds is 1. The second-order valence-electron chi connectivity index (χ2n) is 2.00. The third kappa shape index (κ3) is 0.738. The van der Waals surface area contributed by atoms with Crippen LogP contribution in [-0.4, -0.2) is 10.9 Å². The first-order valence-corrected chi connectivity index (χ1v) is 3.24. The van der Waals surface area contributed by atoms with Gasteiger partial charge in [0.05, 0.1) is 0 Å². The third-order valence-electron chi connectivity index (χ3n) is 1.16. The maximum absolute atomic E-state index is 5.60. The number of hydrogen-bond acceptors (Lipinski definition) is 1. The summed E-state index contributed by atoms with van der Waals surface area (Å²) < 4.78 is 0. The van der Waals surface area contributed by atoms with Crippen molar-refractivity contribution >= 4 is 15.9 Å². The fourth-order valence-corrected chi connectivity index (χ4v) is 0.855. The Morgan fingerprint density at radius 1 is 1.67 bits per heavy atom. The van der Waals surface area contributed by atoms with Gasteiger partial charge in [-0.15, -0.1) is 0 Å². The van der Waals surface area contributed by atoms with E-state index < -0.39 is 0 Å². The van der Waals surface area contributed by atoms with Crippen LogP contribution in [-0.2, 0) is 0 Å². The molecule has 0 unspecified atom stereocenters. The van der Waals surface area contributed by atoms with Crippen LogP contribution >= 0.6 is 15.9 Å². The molecule has 0 radical (unpaired) electrons. The number of halogens is 1. The zero-order valence-electron chi connectivity index (χ0n) is 3.58. The molecule has 1 fully saturated rings. The molecular weight excluding hydrogens is 142 g/mol. The minimum atomic E-state index is 0.208. The summed E-state index contributed by atoms with van der Waals surface area (Å²) in [6.45, 7) is 0. The van der Waals surface area contributed by atoms with Gasteiger partial charge < -0.3 is 5.73 Å². The van der Waals surface area contributed by atoms with E-state index in [0.29, 0.717) is 0 Å². The molecule has 2 N–H and O–H groups in total. The van der Waals surface area contributed by atoms with Gasteiger partial charge in [-0.2, -0.15) is 0 Å². The van der Waals surface area contributed by atoms with Crippen LogP contribution < -0.4 is 5.73 Å². The molecule has 1 saturated carbocycles. The van der Waals surface area contributed by atoms with Gasteiger partial charge in [0.2, 0.25) is 0 Å². The van der Waals surface area contributed by atoms with Crippen molar-refractivity contribution in [1.29, 1.82) is 0 Å². The highest BCUT2D eigenvalue weighted by molar-refractivity contribution is 9.09. The number of alkyl halides is 1. The van der Waals surface area contributed by atoms with Crippen LogP contribution in [0.15, 0.2) is 0 Å². The van der Waals surface area contributed by atoms with Gasteiger partial charge in [0.15, 0.2) is 0 Å². The van der Waals surface area contributed by atoms with Crippen molar-refractivity contribution in [1.82, 2.24) is 0 Å². The van der Waals surface area contributed by atoms with E-state index in [1.54, 1.807) is 0 Å². The van der Waals surface area contributed by atoms with Crippen molar-refractivity contribution < 1.29 is 0 Å². The van der Waals surface area contributed by atoms with Crippen LogP contribution in [0, 0.1) is 0 Å². The SMILES string of the molecule is NC1(CBr)CC1. The molecule has 1 rings (SSSR count). The van der Waals surface area contributed by atoms with Crippen LogP contribution in [0.4, 0.5) is 0 Å². The molecule has 6 heavy (non-hydrogen) atoms. The highest BCUT2D eigenvalue weighted by Gasteiger charge is 2.36. The fraction of sp³-hybridized carbons (Fsp3) is 1.00. The summed E-state index contributed by atoms with van der Waals surface area (Å²) in [6.07, 6.45) is 2.41. The zero-order valence-corrected chi connectivity index (χ0v) is 5.16. The summed E-state index contributed by atoms with van der Waals surface area (Å²) in [5.74, 6) is 0. The Morgan fingerprint density at radius 3 is 2.17 bits per heavy atom. The van der Waals surface area contributed by atoms with Gasteiger partial charge in [0.1, 0.15) is 0 Å². The number of nitrogens with two attached hydrogens (primary N) is 1. The standard InChI is InChI=1S/C4H8BrN/c5-3-4(6)1-2-4/h1-3,6H2. The monoisotopic (exact) mass is 149 g/mol. The van der Waals surface area contributed by atoms with Gasteiger partial charge in [-0.1, -0.05) is 15.9 Å². The van der Waals surface area contributed by atoms with Crippen molar-refractivity contribution in [3.63, 3.8) is 0 Å². The Hall–Kier alpha value is 0.440. The lowest BCUT2D eigenvalue weighted by atomic mass is 10.4. The van der Waals surface area contributed by atoms with Crippen molar-refractivity contribution in [2.75, 3.05) is 5.33 Å². The molecule has 0 aromatic heterocycles. The lowest BCUT2D eigenvalue weighted by molar-refractivity contribution is 0.782. The van der Waals surface area contributed by atoms with Crippen LogP contribution in [0.3, 0.4) is 0 Å². The predicted octanol–water partition coefficient (Wildman–Crippen LogP) is 0.873. The topological polar surface area (TPSA) is 26.0 Å². The molecule has 0 spiro atoms. The molecule has 1 aliphatic carbocycles. The largest absolute Gasteiger partial charge is 0.324 e. The van der Waals surface area contributed by atoms with E-state index in [2.05, 4.69) is 15.9 Å². The molecule has 0 amide bonds. The van der Waals surface area contributed by atoms with Crippen LogP contribution in [0.5, 0.6) is 0 Å². The zero-order chi connectivity index (χ0) is 4.62. The molecule has 0 saturated heterocycles. The molecule has 0 aromatic carbocycles. The van der Waals surface area contributed by atoms with E-state index in [4.69, 9.17) is 5.73 Å². The quantitative estimate of drug-likeness (QED) is 0.551. The van der Waals surface area contributed by atoms with Crippen molar-refractivity contribution in [3.05, 3.63) is 0 Å². The van der Waals surface area contributed by atoms with Gasteiger partial charge in [0.25, 0.3) is 0 Å². The van der Waals surface area contributed by atoms with Gasteiger partial charge in [0, 0.05) is 10.9 Å². The van der Waals surface area contributed by atoms with E-state index >= 15 is 0 Å². The molecule has 36 valence electrons. The van der Waals surface area contributed by atoms with Gasteiger partial charge >= 0.3 is 0 Å². The van der Waals surface area contributed by atoms with Gasteiger partial charge in [-0.05, 0) is 12.8 Å². The summed E-state index contributed by atoms with van der Waals surface area (Å²) in [5, 5.41) is 0.972. The average Bonchev–Trinajstić information content (AvgIpc) is 2.22. The van der Waals surface area contributed by atoms with Crippen molar-refractivity contribution in [2.45, 2.75) is 18.4 Å². The van der Waals surface area contributed by atoms with E-state index in [9.17, 15) is 0 Å². The molecule has 0 bridgehead atoms. The summed E-state index contributed by atoms with van der Waals surface area (Å²) in [7, 11) is 0. The Balaban J connectivity index is 2.28. The molecule has 1 aliphatic rings. The van der Waals surface area contributed by atoms with E-state index in [-0.39, 0.29) is 5.54 Å². The smallest absolute Gasteiger partial charge is 0.0253 e. The third-order valence-corrected chi connectivity index (χ3v) is 2.28. The summed E-state index contributed by atoms with van der Waals surface area (Å²) in [6, 6.07) is 0. The second kappa shape index (κ2) is 1.20. The normalized spacial score (nSPS) is 27.0. The maximum Gasteiger partial charge on any atom is 0.0253 e. The van der Waals surface area contributed by atoms with E-state index in [0.717, 1.165) is 5.33 Å². The molecule has 0 aliphatic heterocycles. The molecule has 2 heteroatoms. The second-order valence-corrected chi connectivity index (χ2v) is 2.56. The average molecular weight is 150 g/mol. The fourth-order valence-electron chi connectivity index (χ4n) is 0.294. The Morgan fingerprint density at radius 2 is 2.17 bits per heavy atom. The highest BCUT2D eigenvalue weighted by Crippen LogP contribution is 2.33. The minimum absolute atomic E-state index is 0.208. The van der Waals surface area contributed by atoms with Crippen LogP contribution in [0.2, 0.25) is 0 Å². The number of hydrogen-bond donors (Lipinski definition) is 1. The lowest BCUT2D eigenvalue weighted by Gasteiger charge is -1.96. The van der Waals surface area contributed by atoms with Crippen molar-refractivity contribution in [2.24, 2.45) is 5.73 Å². The predicted molar refractivity (Wildman–Crippen MR) is 29.9 cm³/mol. The van der Waals surface area contributed by atoms with Gasteiger partial charge in [-0.3, -0.25) is 0 Å². The Bertz CT molecular complexity index is 58.6. The van der Waals surface area contributed by atoms with Crippen LogP contribution in [0.1, 0.15) is 12.8 Å². The summed E-state index contributed by atoms with van der Waals surface area (Å²) >= 11 is 3.31. The molecule has 1 nitrogen and oxygen atoms in total. The Labute approximate surface area is 46.0 Å². The first-order valence-electron chi connectivity index (χ1n) is 2.12. The molecule has 0 atom stereocenters. The first kappa shape index (κ1) is 4.60. The lowest BCUT2D eigenvalue weighted by Crippen LogP contribution is -2.22. The van der Waals surface area contributed by atoms with Gasteiger partial charge in [-0.25, -0.2) is 0 Å². The first-order chi connectivity index (χ1) is 2.77. The summed E-state index contributed by atoms with van der Waals surface area (Å²) in [5.41, 5.74) is 5.81. The summed E-state index contributed by atoms with van der Waals surface area (Å²) in [4.78, 5) is 0. The minimum Gasteiger partial charge on any atom is -0.324 e.